The van der Waals surface area contributed by atoms with Gasteiger partial charge in [-0.15, -0.1) is 0 Å². The molecule has 2 N–H and O–H groups in total. The number of rotatable bonds is 11. The van der Waals surface area contributed by atoms with Gasteiger partial charge in [-0.3, -0.25) is 0 Å². The molecule has 0 aromatic carbocycles. The molecule has 0 aliphatic rings. The molecule has 4 heteroatoms. The minimum Gasteiger partial charge on any atom is -0.477 e. The summed E-state index contributed by atoms with van der Waals surface area (Å²) in [6.07, 6.45) is 12.5. The molecule has 0 spiro atoms. The van der Waals surface area contributed by atoms with E-state index < -0.39 is 5.97 Å². The maximum absolute atomic E-state index is 10.8. The molecule has 1 aromatic rings. The molecule has 0 saturated heterocycles. The third kappa shape index (κ3) is 6.47. The Labute approximate surface area is 126 Å². The van der Waals surface area contributed by atoms with E-state index in [-0.39, 0.29) is 5.69 Å². The number of aromatic carboxylic acids is 1. The molecular weight excluding hydrogens is 274 g/mol. The standard InChI is InChI=1S/C16H26ClNO2/c1-2-3-4-5-6-7-8-9-10-11-13-12-14(17)15(18-13)16(19)20/h12,18H,2-11H2,1H3,(H,19,20). The molecule has 0 aliphatic carbocycles. The topological polar surface area (TPSA) is 53.1 Å². The second-order valence-electron chi connectivity index (χ2n) is 5.40. The van der Waals surface area contributed by atoms with Crippen LogP contribution < -0.4 is 0 Å². The van der Waals surface area contributed by atoms with Crippen molar-refractivity contribution in [2.75, 3.05) is 0 Å². The summed E-state index contributed by atoms with van der Waals surface area (Å²) in [5.74, 6) is -0.992. The van der Waals surface area contributed by atoms with Gasteiger partial charge in [0.2, 0.25) is 0 Å². The molecule has 0 aliphatic heterocycles. The lowest BCUT2D eigenvalue weighted by atomic mass is 10.1. The number of aromatic nitrogens is 1. The fraction of sp³-hybridized carbons (Fsp3) is 0.688. The van der Waals surface area contributed by atoms with Crippen LogP contribution in [0.5, 0.6) is 0 Å². The quantitative estimate of drug-likeness (QED) is 0.535. The van der Waals surface area contributed by atoms with Gasteiger partial charge in [0.15, 0.2) is 0 Å². The second kappa shape index (κ2) is 9.87. The van der Waals surface area contributed by atoms with Crippen molar-refractivity contribution >= 4 is 17.6 Å². The molecule has 0 atom stereocenters. The molecule has 0 amide bonds. The van der Waals surface area contributed by atoms with Crippen molar-refractivity contribution < 1.29 is 9.90 Å². The molecule has 114 valence electrons. The predicted octanol–water partition coefficient (Wildman–Crippen LogP) is 5.44. The highest BCUT2D eigenvalue weighted by molar-refractivity contribution is 6.33. The highest BCUT2D eigenvalue weighted by atomic mass is 35.5. The predicted molar refractivity (Wildman–Crippen MR) is 83.7 cm³/mol. The lowest BCUT2D eigenvalue weighted by Crippen LogP contribution is -1.97. The van der Waals surface area contributed by atoms with E-state index in [4.69, 9.17) is 16.7 Å². The Morgan fingerprint density at radius 2 is 1.65 bits per heavy atom. The van der Waals surface area contributed by atoms with Gasteiger partial charge >= 0.3 is 5.97 Å². The van der Waals surface area contributed by atoms with Crippen LogP contribution in [0.3, 0.4) is 0 Å². The molecule has 0 fully saturated rings. The number of hydrogen-bond donors (Lipinski definition) is 2. The van der Waals surface area contributed by atoms with E-state index in [2.05, 4.69) is 11.9 Å². The van der Waals surface area contributed by atoms with Crippen molar-refractivity contribution in [2.45, 2.75) is 71.1 Å². The smallest absolute Gasteiger partial charge is 0.353 e. The van der Waals surface area contributed by atoms with Crippen molar-refractivity contribution in [3.63, 3.8) is 0 Å². The van der Waals surface area contributed by atoms with E-state index in [0.717, 1.165) is 18.5 Å². The average Bonchev–Trinajstić information content (AvgIpc) is 2.78. The van der Waals surface area contributed by atoms with Crippen molar-refractivity contribution in [3.05, 3.63) is 22.5 Å². The van der Waals surface area contributed by atoms with E-state index in [9.17, 15) is 4.79 Å². The number of H-pyrrole nitrogens is 1. The van der Waals surface area contributed by atoms with Gasteiger partial charge in [-0.25, -0.2) is 4.79 Å². The van der Waals surface area contributed by atoms with Gasteiger partial charge in [0, 0.05) is 5.69 Å². The van der Waals surface area contributed by atoms with Crippen LogP contribution in [0.25, 0.3) is 0 Å². The van der Waals surface area contributed by atoms with Crippen molar-refractivity contribution in [3.8, 4) is 0 Å². The van der Waals surface area contributed by atoms with Crippen LogP contribution in [0.4, 0.5) is 0 Å². The fourth-order valence-corrected chi connectivity index (χ4v) is 2.66. The van der Waals surface area contributed by atoms with E-state index in [1.165, 1.54) is 51.4 Å². The number of carbonyl (C=O) groups is 1. The number of nitrogens with one attached hydrogen (secondary N) is 1. The van der Waals surface area contributed by atoms with Gasteiger partial charge in [0.1, 0.15) is 5.69 Å². The number of halogens is 1. The minimum atomic E-state index is -0.992. The Kier molecular flexibility index (Phi) is 8.43. The Bertz CT molecular complexity index is 401. The third-order valence-corrected chi connectivity index (χ3v) is 3.89. The van der Waals surface area contributed by atoms with Crippen LogP contribution in [-0.4, -0.2) is 16.1 Å². The van der Waals surface area contributed by atoms with Crippen LogP contribution in [0.15, 0.2) is 6.07 Å². The Morgan fingerprint density at radius 3 is 2.15 bits per heavy atom. The van der Waals surface area contributed by atoms with Crippen LogP contribution in [0.2, 0.25) is 5.02 Å². The summed E-state index contributed by atoms with van der Waals surface area (Å²) < 4.78 is 0. The zero-order valence-electron chi connectivity index (χ0n) is 12.4. The summed E-state index contributed by atoms with van der Waals surface area (Å²) in [6.45, 7) is 2.24. The SMILES string of the molecule is CCCCCCCCCCCc1cc(Cl)c(C(=O)O)[nH]1. The number of unbranched alkanes of at least 4 members (excludes halogenated alkanes) is 8. The molecule has 1 heterocycles. The van der Waals surface area contributed by atoms with Gasteiger partial charge < -0.3 is 10.1 Å². The average molecular weight is 300 g/mol. The fourth-order valence-electron chi connectivity index (χ4n) is 2.40. The Balaban J connectivity index is 2.07. The van der Waals surface area contributed by atoms with Gasteiger partial charge in [-0.2, -0.15) is 0 Å². The van der Waals surface area contributed by atoms with Gasteiger partial charge in [0.05, 0.1) is 5.02 Å². The van der Waals surface area contributed by atoms with Crippen LogP contribution in [-0.2, 0) is 6.42 Å². The molecule has 0 bridgehead atoms. The van der Waals surface area contributed by atoms with Crippen molar-refractivity contribution in [2.24, 2.45) is 0 Å². The maximum Gasteiger partial charge on any atom is 0.353 e. The summed E-state index contributed by atoms with van der Waals surface area (Å²) in [5.41, 5.74) is 1.04. The minimum absolute atomic E-state index is 0.109. The summed E-state index contributed by atoms with van der Waals surface area (Å²) in [5, 5.41) is 9.20. The largest absolute Gasteiger partial charge is 0.477 e. The first-order valence-corrected chi connectivity index (χ1v) is 8.13. The molecule has 0 radical (unpaired) electrons. The second-order valence-corrected chi connectivity index (χ2v) is 5.81. The third-order valence-electron chi connectivity index (χ3n) is 3.59. The van der Waals surface area contributed by atoms with Crippen LogP contribution in [0, 0.1) is 0 Å². The van der Waals surface area contributed by atoms with Gasteiger partial charge in [-0.05, 0) is 18.9 Å². The monoisotopic (exact) mass is 299 g/mol. The lowest BCUT2D eigenvalue weighted by molar-refractivity contribution is 0.0691. The van der Waals surface area contributed by atoms with E-state index in [0.29, 0.717) is 5.02 Å². The number of aryl methyl sites for hydroxylation is 1. The molecular formula is C16H26ClNO2. The summed E-state index contributed by atoms with van der Waals surface area (Å²) in [7, 11) is 0. The molecule has 20 heavy (non-hydrogen) atoms. The first kappa shape index (κ1) is 17.1. The van der Waals surface area contributed by atoms with E-state index >= 15 is 0 Å². The summed E-state index contributed by atoms with van der Waals surface area (Å²) >= 11 is 5.85. The van der Waals surface area contributed by atoms with E-state index in [1.54, 1.807) is 6.07 Å². The lowest BCUT2D eigenvalue weighted by Gasteiger charge is -2.01. The highest BCUT2D eigenvalue weighted by Gasteiger charge is 2.12. The van der Waals surface area contributed by atoms with Crippen LogP contribution in [0.1, 0.15) is 80.9 Å². The summed E-state index contributed by atoms with van der Waals surface area (Å²) in [4.78, 5) is 13.7. The van der Waals surface area contributed by atoms with Crippen molar-refractivity contribution in [1.29, 1.82) is 0 Å². The highest BCUT2D eigenvalue weighted by Crippen LogP contribution is 2.19. The van der Waals surface area contributed by atoms with Crippen molar-refractivity contribution in [1.82, 2.24) is 4.98 Å². The Hall–Kier alpha value is -0.960. The molecule has 3 nitrogen and oxygen atoms in total. The Morgan fingerprint density at radius 1 is 1.10 bits per heavy atom. The number of carboxylic acids is 1. The van der Waals surface area contributed by atoms with Crippen LogP contribution >= 0.6 is 11.6 Å². The first-order valence-electron chi connectivity index (χ1n) is 7.75. The molecule has 1 aromatic heterocycles. The number of hydrogen-bond acceptors (Lipinski definition) is 1. The van der Waals surface area contributed by atoms with Gasteiger partial charge in [-0.1, -0.05) is 69.9 Å². The zero-order valence-corrected chi connectivity index (χ0v) is 13.1. The first-order chi connectivity index (χ1) is 9.65. The molecule has 0 unspecified atom stereocenters. The molecule has 0 saturated carbocycles. The number of carboxylic acid groups (broad SMARTS) is 1. The molecule has 1 rings (SSSR count). The van der Waals surface area contributed by atoms with Gasteiger partial charge in [0.25, 0.3) is 0 Å². The normalized spacial score (nSPS) is 10.9. The summed E-state index contributed by atoms with van der Waals surface area (Å²) in [6, 6.07) is 1.73. The maximum atomic E-state index is 10.8. The zero-order chi connectivity index (χ0) is 14.8. The number of aromatic amines is 1. The van der Waals surface area contributed by atoms with E-state index in [1.807, 2.05) is 0 Å².